The number of hydrogen-bond donors (Lipinski definition) is 2. The molecular weight excluding hydrogens is 416 g/mol. The molecule has 10 heteroatoms. The fraction of sp³-hybridized carbons (Fsp3) is 0.455. The van der Waals surface area contributed by atoms with Gasteiger partial charge in [-0.3, -0.25) is 0 Å². The number of anilines is 1. The highest BCUT2D eigenvalue weighted by Gasteiger charge is 2.29. The first-order valence-electron chi connectivity index (χ1n) is 10.7. The van der Waals surface area contributed by atoms with E-state index in [0.717, 1.165) is 42.3 Å². The zero-order valence-electron chi connectivity index (χ0n) is 18.0. The van der Waals surface area contributed by atoms with E-state index in [2.05, 4.69) is 25.4 Å². The number of rotatable bonds is 5. The molecule has 168 valence electrons. The van der Waals surface area contributed by atoms with Crippen molar-refractivity contribution in [2.75, 3.05) is 5.32 Å². The molecule has 4 aromatic heterocycles. The molecule has 0 radical (unpaired) electrons. The Kier molecular flexibility index (Phi) is 5.04. The zero-order chi connectivity index (χ0) is 22.5. The quantitative estimate of drug-likeness (QED) is 0.489. The third-order valence-corrected chi connectivity index (χ3v) is 6.24. The van der Waals surface area contributed by atoms with Gasteiger partial charge in [-0.2, -0.15) is 0 Å². The Bertz CT molecular complexity index is 1270. The maximum absolute atomic E-state index is 13.0. The number of hydrogen-bond acceptors (Lipinski definition) is 6. The Morgan fingerprint density at radius 1 is 1.22 bits per heavy atom. The zero-order valence-corrected chi connectivity index (χ0v) is 18.0. The number of aliphatic hydroxyl groups is 1. The molecule has 32 heavy (non-hydrogen) atoms. The predicted octanol–water partition coefficient (Wildman–Crippen LogP) is 3.82. The Balaban J connectivity index is 1.43. The van der Waals surface area contributed by atoms with Crippen LogP contribution < -0.4 is 5.32 Å². The molecule has 0 unspecified atom stereocenters. The summed E-state index contributed by atoms with van der Waals surface area (Å²) in [6, 6.07) is 3.97. The lowest BCUT2D eigenvalue weighted by Gasteiger charge is -2.33. The fourth-order valence-corrected chi connectivity index (χ4v) is 4.41. The van der Waals surface area contributed by atoms with Crippen LogP contribution in [0.15, 0.2) is 30.7 Å². The number of aromatic nitrogens is 6. The van der Waals surface area contributed by atoms with Crippen LogP contribution in [0.4, 0.5) is 14.7 Å². The van der Waals surface area contributed by atoms with Crippen molar-refractivity contribution in [3.63, 3.8) is 0 Å². The van der Waals surface area contributed by atoms with Crippen molar-refractivity contribution in [3.05, 3.63) is 36.5 Å². The number of fused-ring (bicyclic) bond motifs is 2. The molecule has 8 nitrogen and oxygen atoms in total. The van der Waals surface area contributed by atoms with Gasteiger partial charge in [0.15, 0.2) is 5.65 Å². The predicted molar refractivity (Wildman–Crippen MR) is 117 cm³/mol. The molecule has 0 spiro atoms. The number of nitrogens with one attached hydrogen (secondary N) is 1. The minimum Gasteiger partial charge on any atom is -0.390 e. The first kappa shape index (κ1) is 20.7. The van der Waals surface area contributed by atoms with Crippen LogP contribution in [0.1, 0.15) is 38.4 Å². The highest BCUT2D eigenvalue weighted by molar-refractivity contribution is 5.85. The molecule has 1 fully saturated rings. The minimum absolute atomic E-state index is 0.229. The van der Waals surface area contributed by atoms with Gasteiger partial charge in [0.2, 0.25) is 5.95 Å². The van der Waals surface area contributed by atoms with Gasteiger partial charge in [0.1, 0.15) is 5.82 Å². The van der Waals surface area contributed by atoms with E-state index in [0.29, 0.717) is 22.9 Å². The van der Waals surface area contributed by atoms with E-state index in [9.17, 15) is 13.9 Å². The lowest BCUT2D eigenvalue weighted by atomic mass is 9.84. The van der Waals surface area contributed by atoms with Crippen molar-refractivity contribution in [3.8, 4) is 11.1 Å². The van der Waals surface area contributed by atoms with Crippen molar-refractivity contribution in [1.29, 1.82) is 0 Å². The van der Waals surface area contributed by atoms with Crippen molar-refractivity contribution in [1.82, 2.24) is 29.1 Å². The molecule has 0 bridgehead atoms. The molecule has 1 saturated carbocycles. The first-order chi connectivity index (χ1) is 15.3. The largest absolute Gasteiger partial charge is 0.390 e. The summed E-state index contributed by atoms with van der Waals surface area (Å²) in [7, 11) is 0. The van der Waals surface area contributed by atoms with E-state index in [1.54, 1.807) is 23.8 Å². The van der Waals surface area contributed by atoms with E-state index in [4.69, 9.17) is 0 Å². The molecule has 4 heterocycles. The summed E-state index contributed by atoms with van der Waals surface area (Å²) in [4.78, 5) is 13.1. The summed E-state index contributed by atoms with van der Waals surface area (Å²) in [5.74, 6) is 1.04. The van der Waals surface area contributed by atoms with Gasteiger partial charge in [0, 0.05) is 29.6 Å². The van der Waals surface area contributed by atoms with Crippen LogP contribution in [0, 0.1) is 6.92 Å². The van der Waals surface area contributed by atoms with Crippen molar-refractivity contribution in [2.45, 2.75) is 64.1 Å². The molecule has 1 aliphatic rings. The lowest BCUT2D eigenvalue weighted by molar-refractivity contribution is 0.0195. The van der Waals surface area contributed by atoms with Crippen LogP contribution >= 0.6 is 0 Å². The van der Waals surface area contributed by atoms with Crippen molar-refractivity contribution in [2.24, 2.45) is 0 Å². The molecule has 0 aromatic carbocycles. The monoisotopic (exact) mass is 441 g/mol. The minimum atomic E-state index is -2.47. The molecule has 0 aliphatic heterocycles. The standard InChI is InChI=1S/C22H25F2N7O/c1-13-27-20-17(30(13)12-19(23)24)9-14(10-25-20)16-5-8-31-18(16)11-26-21(29-31)28-15-3-6-22(2,32)7-4-15/h5,8-11,15,19,32H,3-4,6-7,12H2,1-2H3,(H,28,29)/t15-,22+. The fourth-order valence-electron chi connectivity index (χ4n) is 4.41. The van der Waals surface area contributed by atoms with E-state index in [1.807, 2.05) is 25.3 Å². The molecule has 0 saturated heterocycles. The SMILES string of the molecule is Cc1nc2ncc(-c3ccn4nc(N[C@H]5CC[C@@](C)(O)CC5)ncc34)cc2n1CC(F)F. The highest BCUT2D eigenvalue weighted by atomic mass is 19.3. The van der Waals surface area contributed by atoms with Crippen molar-refractivity contribution < 1.29 is 13.9 Å². The van der Waals surface area contributed by atoms with E-state index < -0.39 is 18.6 Å². The van der Waals surface area contributed by atoms with Crippen LogP contribution in [0.5, 0.6) is 0 Å². The maximum Gasteiger partial charge on any atom is 0.256 e. The Morgan fingerprint density at radius 2 is 2.00 bits per heavy atom. The summed E-state index contributed by atoms with van der Waals surface area (Å²) in [6.07, 6.45) is 6.03. The van der Waals surface area contributed by atoms with Gasteiger partial charge in [-0.25, -0.2) is 28.2 Å². The van der Waals surface area contributed by atoms with Gasteiger partial charge >= 0.3 is 0 Å². The summed E-state index contributed by atoms with van der Waals surface area (Å²) in [5, 5.41) is 18.1. The summed E-state index contributed by atoms with van der Waals surface area (Å²) in [6.45, 7) is 3.16. The summed E-state index contributed by atoms with van der Waals surface area (Å²) in [5.41, 5.74) is 2.88. The topological polar surface area (TPSA) is 93.2 Å². The van der Waals surface area contributed by atoms with Crippen molar-refractivity contribution >= 4 is 22.6 Å². The summed E-state index contributed by atoms with van der Waals surface area (Å²) < 4.78 is 29.3. The van der Waals surface area contributed by atoms with Crippen LogP contribution in [0.25, 0.3) is 27.8 Å². The van der Waals surface area contributed by atoms with E-state index >= 15 is 0 Å². The van der Waals surface area contributed by atoms with E-state index in [-0.39, 0.29) is 6.04 Å². The average Bonchev–Trinajstić information content (AvgIpc) is 3.29. The molecule has 0 amide bonds. The summed E-state index contributed by atoms with van der Waals surface area (Å²) >= 11 is 0. The Hall–Kier alpha value is -3.14. The third-order valence-electron chi connectivity index (χ3n) is 6.24. The van der Waals surface area contributed by atoms with Gasteiger partial charge in [-0.15, -0.1) is 5.10 Å². The van der Waals surface area contributed by atoms with Gasteiger partial charge < -0.3 is 15.0 Å². The second kappa shape index (κ2) is 7.77. The third kappa shape index (κ3) is 3.90. The normalized spacial score (nSPS) is 21.6. The molecular formula is C22H25F2N7O. The second-order valence-electron chi connectivity index (χ2n) is 8.78. The maximum atomic E-state index is 13.0. The molecule has 4 aromatic rings. The van der Waals surface area contributed by atoms with Crippen LogP contribution in [-0.4, -0.2) is 52.3 Å². The molecule has 1 aliphatic carbocycles. The Morgan fingerprint density at radius 3 is 2.75 bits per heavy atom. The number of alkyl halides is 2. The van der Waals surface area contributed by atoms with Crippen LogP contribution in [-0.2, 0) is 6.54 Å². The second-order valence-corrected chi connectivity index (χ2v) is 8.78. The molecule has 5 rings (SSSR count). The number of imidazole rings is 1. The number of aryl methyl sites for hydroxylation is 1. The number of pyridine rings is 1. The average molecular weight is 441 g/mol. The number of halogens is 2. The first-order valence-corrected chi connectivity index (χ1v) is 10.7. The molecule has 2 N–H and O–H groups in total. The van der Waals surface area contributed by atoms with Crippen LogP contribution in [0.2, 0.25) is 0 Å². The highest BCUT2D eigenvalue weighted by Crippen LogP contribution is 2.30. The molecule has 0 atom stereocenters. The lowest BCUT2D eigenvalue weighted by Crippen LogP contribution is -2.36. The van der Waals surface area contributed by atoms with Crippen LogP contribution in [0.3, 0.4) is 0 Å². The van der Waals surface area contributed by atoms with E-state index in [1.165, 1.54) is 4.57 Å². The number of nitrogens with zero attached hydrogens (tertiary/aromatic N) is 6. The van der Waals surface area contributed by atoms with Gasteiger partial charge in [0.05, 0.1) is 29.4 Å². The van der Waals surface area contributed by atoms with Gasteiger partial charge in [0.25, 0.3) is 6.43 Å². The van der Waals surface area contributed by atoms with Gasteiger partial charge in [-0.1, -0.05) is 0 Å². The smallest absolute Gasteiger partial charge is 0.256 e. The Labute approximate surface area is 183 Å². The van der Waals surface area contributed by atoms with Gasteiger partial charge in [-0.05, 0) is 51.7 Å².